The van der Waals surface area contributed by atoms with E-state index in [0.717, 1.165) is 12.0 Å². The first-order valence-electron chi connectivity index (χ1n) is 4.77. The van der Waals surface area contributed by atoms with E-state index in [1.54, 1.807) is 12.3 Å². The van der Waals surface area contributed by atoms with Gasteiger partial charge in [-0.05, 0) is 18.1 Å². The number of nitrogens with two attached hydrogens (primary N) is 1. The standard InChI is InChI=1S/C10H13N3O2/c1-6-7(5-14)4-8(6)13-3-2-9(11)12-10(13)15/h2-3,7-8,14H,1,4-5H2,(H2,11,12,15). The zero-order valence-electron chi connectivity index (χ0n) is 8.26. The van der Waals surface area contributed by atoms with Gasteiger partial charge in [0.25, 0.3) is 0 Å². The molecule has 15 heavy (non-hydrogen) atoms. The summed E-state index contributed by atoms with van der Waals surface area (Å²) in [4.78, 5) is 15.1. The molecule has 80 valence electrons. The van der Waals surface area contributed by atoms with Gasteiger partial charge in [0, 0.05) is 18.7 Å². The number of nitrogens with zero attached hydrogens (tertiary/aromatic N) is 2. The Kier molecular flexibility index (Phi) is 2.32. The molecule has 2 atom stereocenters. The van der Waals surface area contributed by atoms with Gasteiger partial charge in [-0.3, -0.25) is 4.57 Å². The second kappa shape index (κ2) is 3.51. The summed E-state index contributed by atoms with van der Waals surface area (Å²) in [7, 11) is 0. The van der Waals surface area contributed by atoms with Crippen molar-refractivity contribution in [3.05, 3.63) is 34.9 Å². The quantitative estimate of drug-likeness (QED) is 0.665. The third kappa shape index (κ3) is 1.55. The lowest BCUT2D eigenvalue weighted by atomic mass is 9.76. The first-order chi connectivity index (χ1) is 7.13. The van der Waals surface area contributed by atoms with Gasteiger partial charge in [0.1, 0.15) is 5.82 Å². The second-order valence-electron chi connectivity index (χ2n) is 3.75. The van der Waals surface area contributed by atoms with Crippen LogP contribution in [-0.4, -0.2) is 21.3 Å². The topological polar surface area (TPSA) is 81.1 Å². The normalized spacial score (nSPS) is 25.0. The zero-order valence-corrected chi connectivity index (χ0v) is 8.26. The van der Waals surface area contributed by atoms with Crippen molar-refractivity contribution in [1.29, 1.82) is 0 Å². The van der Waals surface area contributed by atoms with Crippen LogP contribution < -0.4 is 11.4 Å². The molecule has 5 heteroatoms. The van der Waals surface area contributed by atoms with Crippen molar-refractivity contribution in [2.45, 2.75) is 12.5 Å². The first-order valence-corrected chi connectivity index (χ1v) is 4.77. The summed E-state index contributed by atoms with van der Waals surface area (Å²) in [5, 5.41) is 8.95. The van der Waals surface area contributed by atoms with Crippen LogP contribution in [0.1, 0.15) is 12.5 Å². The molecule has 2 rings (SSSR count). The maximum atomic E-state index is 11.5. The molecule has 0 aromatic carbocycles. The van der Waals surface area contributed by atoms with Gasteiger partial charge in [-0.25, -0.2) is 4.79 Å². The molecule has 1 aromatic rings. The summed E-state index contributed by atoms with van der Waals surface area (Å²) in [6, 6.07) is 1.55. The van der Waals surface area contributed by atoms with E-state index in [1.165, 1.54) is 4.57 Å². The Morgan fingerprint density at radius 1 is 1.73 bits per heavy atom. The zero-order chi connectivity index (χ0) is 11.0. The maximum Gasteiger partial charge on any atom is 0.350 e. The summed E-state index contributed by atoms with van der Waals surface area (Å²) < 4.78 is 1.50. The summed E-state index contributed by atoms with van der Waals surface area (Å²) in [6.45, 7) is 3.95. The Bertz CT molecular complexity index is 452. The Labute approximate surface area is 86.9 Å². The van der Waals surface area contributed by atoms with Crippen LogP contribution in [0.2, 0.25) is 0 Å². The average molecular weight is 207 g/mol. The molecule has 1 aromatic heterocycles. The highest BCUT2D eigenvalue weighted by Gasteiger charge is 2.34. The van der Waals surface area contributed by atoms with Crippen molar-refractivity contribution >= 4 is 5.82 Å². The van der Waals surface area contributed by atoms with Crippen LogP contribution in [0.4, 0.5) is 5.82 Å². The van der Waals surface area contributed by atoms with Gasteiger partial charge in [-0.1, -0.05) is 6.58 Å². The Balaban J connectivity index is 2.26. The van der Waals surface area contributed by atoms with Gasteiger partial charge >= 0.3 is 5.69 Å². The number of hydrogen-bond acceptors (Lipinski definition) is 4. The molecule has 3 N–H and O–H groups in total. The third-order valence-corrected chi connectivity index (χ3v) is 2.87. The summed E-state index contributed by atoms with van der Waals surface area (Å²) >= 11 is 0. The predicted octanol–water partition coefficient (Wildman–Crippen LogP) is -0.0650. The van der Waals surface area contributed by atoms with Crippen LogP contribution in [-0.2, 0) is 0 Å². The molecule has 0 radical (unpaired) electrons. The van der Waals surface area contributed by atoms with E-state index < -0.39 is 0 Å². The molecule has 0 spiro atoms. The number of aliphatic hydroxyl groups excluding tert-OH is 1. The Morgan fingerprint density at radius 2 is 2.47 bits per heavy atom. The number of anilines is 1. The molecule has 1 fully saturated rings. The molecular weight excluding hydrogens is 194 g/mol. The minimum atomic E-state index is -0.363. The van der Waals surface area contributed by atoms with Gasteiger partial charge in [0.05, 0.1) is 6.04 Å². The lowest BCUT2D eigenvalue weighted by Crippen LogP contribution is -2.38. The molecule has 1 aliphatic rings. The fourth-order valence-electron chi connectivity index (χ4n) is 1.83. The number of aromatic nitrogens is 2. The van der Waals surface area contributed by atoms with Crippen LogP contribution in [0.25, 0.3) is 0 Å². The van der Waals surface area contributed by atoms with E-state index in [2.05, 4.69) is 11.6 Å². The molecule has 2 unspecified atom stereocenters. The second-order valence-corrected chi connectivity index (χ2v) is 3.75. The predicted molar refractivity (Wildman–Crippen MR) is 56.3 cm³/mol. The fraction of sp³-hybridized carbons (Fsp3) is 0.400. The summed E-state index contributed by atoms with van der Waals surface area (Å²) in [5.41, 5.74) is 5.91. The minimum Gasteiger partial charge on any atom is -0.396 e. The molecule has 1 saturated carbocycles. The molecule has 0 aliphatic heterocycles. The summed E-state index contributed by atoms with van der Waals surface area (Å²) in [5.74, 6) is 0.333. The van der Waals surface area contributed by atoms with E-state index in [0.29, 0.717) is 0 Å². The van der Waals surface area contributed by atoms with E-state index in [1.807, 2.05) is 0 Å². The monoisotopic (exact) mass is 207 g/mol. The molecule has 0 bridgehead atoms. The first kappa shape index (κ1) is 9.92. The highest BCUT2D eigenvalue weighted by atomic mass is 16.3. The highest BCUT2D eigenvalue weighted by Crippen LogP contribution is 2.40. The van der Waals surface area contributed by atoms with Crippen LogP contribution in [0, 0.1) is 5.92 Å². The average Bonchev–Trinajstić information content (AvgIpc) is 2.20. The van der Waals surface area contributed by atoms with Crippen LogP contribution in [0.3, 0.4) is 0 Å². The van der Waals surface area contributed by atoms with Crippen molar-refractivity contribution in [3.8, 4) is 0 Å². The van der Waals surface area contributed by atoms with Crippen molar-refractivity contribution in [1.82, 2.24) is 9.55 Å². The lowest BCUT2D eigenvalue weighted by molar-refractivity contribution is 0.176. The van der Waals surface area contributed by atoms with Crippen molar-refractivity contribution in [2.24, 2.45) is 5.92 Å². The number of aliphatic hydroxyl groups is 1. The van der Waals surface area contributed by atoms with Gasteiger partial charge < -0.3 is 10.8 Å². The molecule has 1 aliphatic carbocycles. The van der Waals surface area contributed by atoms with Crippen LogP contribution in [0.15, 0.2) is 29.2 Å². The van der Waals surface area contributed by atoms with Crippen molar-refractivity contribution in [2.75, 3.05) is 12.3 Å². The number of nitrogen functional groups attached to an aromatic ring is 1. The molecule has 5 nitrogen and oxygen atoms in total. The van der Waals surface area contributed by atoms with E-state index >= 15 is 0 Å². The number of hydrogen-bond donors (Lipinski definition) is 2. The van der Waals surface area contributed by atoms with Gasteiger partial charge in [0.15, 0.2) is 0 Å². The molecular formula is C10H13N3O2. The molecule has 1 heterocycles. The third-order valence-electron chi connectivity index (χ3n) is 2.87. The Hall–Kier alpha value is -1.62. The summed E-state index contributed by atoms with van der Waals surface area (Å²) in [6.07, 6.45) is 2.36. The molecule has 0 amide bonds. The maximum absolute atomic E-state index is 11.5. The van der Waals surface area contributed by atoms with E-state index in [9.17, 15) is 4.79 Å². The lowest BCUT2D eigenvalue weighted by Gasteiger charge is -2.38. The Morgan fingerprint density at radius 3 is 3.00 bits per heavy atom. The molecule has 0 saturated heterocycles. The minimum absolute atomic E-state index is 0.0391. The van der Waals surface area contributed by atoms with Crippen LogP contribution >= 0.6 is 0 Å². The van der Waals surface area contributed by atoms with Gasteiger partial charge in [-0.15, -0.1) is 0 Å². The fourth-order valence-corrected chi connectivity index (χ4v) is 1.83. The van der Waals surface area contributed by atoms with Crippen molar-refractivity contribution in [3.63, 3.8) is 0 Å². The van der Waals surface area contributed by atoms with Crippen molar-refractivity contribution < 1.29 is 5.11 Å². The van der Waals surface area contributed by atoms with Gasteiger partial charge in [0.2, 0.25) is 0 Å². The van der Waals surface area contributed by atoms with Crippen LogP contribution in [0.5, 0.6) is 0 Å². The highest BCUT2D eigenvalue weighted by molar-refractivity contribution is 5.26. The SMILES string of the molecule is C=C1C(CO)CC1n1ccc(N)nc1=O. The smallest absolute Gasteiger partial charge is 0.350 e. The van der Waals surface area contributed by atoms with E-state index in [-0.39, 0.29) is 30.1 Å². The largest absolute Gasteiger partial charge is 0.396 e. The van der Waals surface area contributed by atoms with Gasteiger partial charge in [-0.2, -0.15) is 4.98 Å². The van der Waals surface area contributed by atoms with E-state index in [4.69, 9.17) is 10.8 Å². The number of rotatable bonds is 2.